The van der Waals surface area contributed by atoms with Gasteiger partial charge < -0.3 is 6.16 Å². The Hall–Kier alpha value is -1.48. The molecule has 0 saturated heterocycles. The smallest absolute Gasteiger partial charge is 1.00 e. The number of alkyl halides is 6. The molecule has 0 amide bonds. The summed E-state index contributed by atoms with van der Waals surface area (Å²) in [6, 6.07) is 7.50. The summed E-state index contributed by atoms with van der Waals surface area (Å²) in [6.07, 6.45) is -10.3. The molecule has 0 aliphatic rings. The molecule has 28 heavy (non-hydrogen) atoms. The normalized spacial score (nSPS) is 12.3. The third-order valence-corrected chi connectivity index (χ3v) is 4.49. The van der Waals surface area contributed by atoms with Crippen LogP contribution in [0, 0.1) is 0 Å². The first-order valence-corrected chi connectivity index (χ1v) is 8.75. The van der Waals surface area contributed by atoms with Gasteiger partial charge in [-0.1, -0.05) is 18.2 Å². The minimum atomic E-state index is -5.08. The summed E-state index contributed by atoms with van der Waals surface area (Å²) < 4.78 is 84.3. The molecule has 0 aliphatic carbocycles. The molecule has 148 valence electrons. The van der Waals surface area contributed by atoms with Gasteiger partial charge in [-0.25, -0.2) is 0 Å². The van der Waals surface area contributed by atoms with Gasteiger partial charge in [0, 0.05) is 5.56 Å². The number of benzene rings is 2. The molecule has 0 bridgehead atoms. The predicted molar refractivity (Wildman–Crippen MR) is 92.0 cm³/mol. The summed E-state index contributed by atoms with van der Waals surface area (Å²) in [4.78, 5) is 12.4. The summed E-state index contributed by atoms with van der Waals surface area (Å²) >= 11 is 0. The maximum absolute atomic E-state index is 13.2. The molecule has 10 heteroatoms. The van der Waals surface area contributed by atoms with E-state index < -0.39 is 43.1 Å². The van der Waals surface area contributed by atoms with E-state index in [1.807, 2.05) is 0 Å². The van der Waals surface area contributed by atoms with Gasteiger partial charge in [-0.2, -0.15) is 26.3 Å². The van der Waals surface area contributed by atoms with Gasteiger partial charge in [-0.15, -0.1) is 0 Å². The number of ether oxygens (including phenoxy) is 1. The van der Waals surface area contributed by atoms with Crippen molar-refractivity contribution in [1.29, 1.82) is 0 Å². The van der Waals surface area contributed by atoms with Crippen LogP contribution in [0.15, 0.2) is 42.5 Å². The Balaban J connectivity index is 0.00000392. The molecule has 1 atom stereocenters. The Morgan fingerprint density at radius 3 is 1.79 bits per heavy atom. The summed E-state index contributed by atoms with van der Waals surface area (Å²) in [6.45, 7) is 3.60. The molecule has 0 fully saturated rings. The Bertz CT molecular complexity index is 790. The quantitative estimate of drug-likeness (QED) is 0.426. The van der Waals surface area contributed by atoms with Crippen molar-refractivity contribution in [3.05, 3.63) is 59.2 Å². The van der Waals surface area contributed by atoms with Crippen LogP contribution in [0.25, 0.3) is 0 Å². The monoisotopic (exact) mass is 416 g/mol. The fraction of sp³-hybridized carbons (Fsp3) is 0.278. The van der Waals surface area contributed by atoms with E-state index in [-0.39, 0.29) is 26.4 Å². The zero-order chi connectivity index (χ0) is 20.4. The molecule has 0 aliphatic heterocycles. The zero-order valence-electron chi connectivity index (χ0n) is 16.2. The predicted octanol–water partition coefficient (Wildman–Crippen LogP) is 2.77. The van der Waals surface area contributed by atoms with E-state index in [9.17, 15) is 31.1 Å². The summed E-state index contributed by atoms with van der Waals surface area (Å²) in [7, 11) is -0.896. The Morgan fingerprint density at radius 2 is 1.39 bits per heavy atom. The van der Waals surface area contributed by atoms with Crippen LogP contribution in [0.3, 0.4) is 0 Å². The Kier molecular flexibility index (Phi) is 8.19. The van der Waals surface area contributed by atoms with Gasteiger partial charge in [0.2, 0.25) is 0 Å². The molecule has 0 heterocycles. The van der Waals surface area contributed by atoms with Gasteiger partial charge in [0.25, 0.3) is 0 Å². The largest absolute Gasteiger partial charge is 1.00 e. The minimum absolute atomic E-state index is 0. The number of carbonyl (C=O) groups is 1. The van der Waals surface area contributed by atoms with Crippen LogP contribution in [-0.2, 0) is 12.4 Å². The van der Waals surface area contributed by atoms with Gasteiger partial charge in [0.15, 0.2) is 5.52 Å². The van der Waals surface area contributed by atoms with Crippen molar-refractivity contribution in [1.82, 2.24) is 0 Å². The van der Waals surface area contributed by atoms with Crippen LogP contribution in [0.5, 0.6) is 5.75 Å². The van der Waals surface area contributed by atoms with Crippen molar-refractivity contribution in [3.63, 3.8) is 0 Å². The molecule has 0 radical (unpaired) electrons. The van der Waals surface area contributed by atoms with E-state index >= 15 is 0 Å². The van der Waals surface area contributed by atoms with E-state index in [1.54, 1.807) is 13.8 Å². The van der Waals surface area contributed by atoms with E-state index in [0.717, 1.165) is 0 Å². The summed E-state index contributed by atoms with van der Waals surface area (Å²) in [5.41, 5.74) is -5.75. The Morgan fingerprint density at radius 1 is 0.929 bits per heavy atom. The number of rotatable bonds is 5. The molecule has 0 N–H and O–H groups in total. The van der Waals surface area contributed by atoms with Crippen molar-refractivity contribution in [2.45, 2.75) is 32.3 Å². The first-order chi connectivity index (χ1) is 12.4. The van der Waals surface area contributed by atoms with Gasteiger partial charge in [0.1, 0.15) is 5.75 Å². The first kappa shape index (κ1) is 24.6. The van der Waals surface area contributed by atoms with E-state index in [0.29, 0.717) is 29.3 Å². The van der Waals surface area contributed by atoms with Crippen molar-refractivity contribution in [2.75, 3.05) is 0 Å². The third kappa shape index (κ3) is 6.27. The topological polar surface area (TPSA) is 26.3 Å². The van der Waals surface area contributed by atoms with Crippen molar-refractivity contribution in [2.24, 2.45) is 0 Å². The first-order valence-electron chi connectivity index (χ1n) is 7.75. The van der Waals surface area contributed by atoms with Crippen LogP contribution < -0.4 is 28.9 Å². The zero-order valence-corrected chi connectivity index (χ0v) is 16.2. The van der Waals surface area contributed by atoms with Crippen LogP contribution in [0.1, 0.15) is 36.8 Å². The van der Waals surface area contributed by atoms with E-state index in [1.165, 1.54) is 24.3 Å². The van der Waals surface area contributed by atoms with Crippen molar-refractivity contribution < 1.29 is 56.2 Å². The van der Waals surface area contributed by atoms with Gasteiger partial charge in [-0.3, -0.25) is 4.79 Å². The molecule has 0 saturated carbocycles. The van der Waals surface area contributed by atoms with Gasteiger partial charge >= 0.3 is 31.2 Å². The molecule has 2 rings (SSSR count). The molecule has 0 aromatic heterocycles. The average molecular weight is 416 g/mol. The molecular formula is C18H16F6LiO2P. The number of hydrogen-bond donors (Lipinski definition) is 0. The maximum atomic E-state index is 13.2. The second-order valence-corrected chi connectivity index (χ2v) is 7.15. The number of carbonyl (C=O) groups excluding carboxylic acids is 1. The molecule has 2 nitrogen and oxygen atoms in total. The molecule has 0 spiro atoms. The number of hydrogen-bond acceptors (Lipinski definition) is 2. The van der Waals surface area contributed by atoms with Gasteiger partial charge in [0.05, 0.1) is 17.2 Å². The molecule has 2 aromatic rings. The van der Waals surface area contributed by atoms with Crippen molar-refractivity contribution in [3.8, 4) is 5.75 Å². The fourth-order valence-corrected chi connectivity index (χ4v) is 3.34. The van der Waals surface area contributed by atoms with Crippen LogP contribution in [0.2, 0.25) is 0 Å². The maximum Gasteiger partial charge on any atom is 1.00 e. The fourth-order valence-electron chi connectivity index (χ4n) is 2.35. The van der Waals surface area contributed by atoms with Crippen LogP contribution in [0.4, 0.5) is 26.3 Å². The Labute approximate surface area is 173 Å². The molecular weight excluding hydrogens is 400 g/mol. The average Bonchev–Trinajstić information content (AvgIpc) is 2.54. The molecule has 2 aromatic carbocycles. The van der Waals surface area contributed by atoms with E-state index in [4.69, 9.17) is 4.74 Å². The van der Waals surface area contributed by atoms with Crippen LogP contribution >= 0.6 is 8.58 Å². The molecule has 1 unspecified atom stereocenters. The minimum Gasteiger partial charge on any atom is -1.00 e. The van der Waals surface area contributed by atoms with Crippen molar-refractivity contribution >= 4 is 19.4 Å². The standard InChI is InChI=1S/C18H15F6O2P.Li.H/c1-10(2)26-11-6-8-12(9-7-11)27-16(25)15-13(17(19,20)21)4-3-5-14(15)18(22,23)24;;/h3-10,27H,1-2H3;;/q;+1;-1. The summed E-state index contributed by atoms with van der Waals surface area (Å²) in [5, 5.41) is 0.307. The third-order valence-electron chi connectivity index (χ3n) is 3.39. The SMILES string of the molecule is CC(C)Oc1ccc(PC(=O)c2c(C(F)(F)F)cccc2C(F)(F)F)cc1.[H-].[Li+]. The second-order valence-electron chi connectivity index (χ2n) is 5.87. The second kappa shape index (κ2) is 9.34. The van der Waals surface area contributed by atoms with Gasteiger partial charge in [-0.05, 0) is 52.0 Å². The summed E-state index contributed by atoms with van der Waals surface area (Å²) in [5.74, 6) is 0.484. The number of halogens is 6. The van der Waals surface area contributed by atoms with E-state index in [2.05, 4.69) is 0 Å². The van der Waals surface area contributed by atoms with Crippen LogP contribution in [-0.4, -0.2) is 11.6 Å².